The fourth-order valence-electron chi connectivity index (χ4n) is 2.67. The molecule has 1 saturated heterocycles. The highest BCUT2D eigenvalue weighted by Gasteiger charge is 2.11. The van der Waals surface area contributed by atoms with Crippen molar-refractivity contribution in [1.29, 1.82) is 0 Å². The third-order valence-corrected chi connectivity index (χ3v) is 4.76. The lowest BCUT2D eigenvalue weighted by atomic mass is 10.2. The van der Waals surface area contributed by atoms with E-state index in [0.717, 1.165) is 29.4 Å². The van der Waals surface area contributed by atoms with Gasteiger partial charge in [-0.1, -0.05) is 43.2 Å². The lowest BCUT2D eigenvalue weighted by molar-refractivity contribution is 0.428. The van der Waals surface area contributed by atoms with Crippen LogP contribution in [0.1, 0.15) is 30.7 Å². The van der Waals surface area contributed by atoms with Crippen molar-refractivity contribution in [3.05, 3.63) is 40.7 Å². The lowest BCUT2D eigenvalue weighted by Gasteiger charge is -2.20. The van der Waals surface area contributed by atoms with Crippen molar-refractivity contribution in [2.45, 2.75) is 32.2 Å². The van der Waals surface area contributed by atoms with E-state index in [1.807, 2.05) is 18.2 Å². The molecule has 22 heavy (non-hydrogen) atoms. The van der Waals surface area contributed by atoms with E-state index in [4.69, 9.17) is 5.73 Å². The number of guanidine groups is 1. The number of likely N-dealkylation sites (tertiary alicyclic amines) is 1. The summed E-state index contributed by atoms with van der Waals surface area (Å²) in [4.78, 5) is 11.4. The van der Waals surface area contributed by atoms with Crippen molar-refractivity contribution in [2.24, 2.45) is 10.7 Å². The standard InChI is InChI=1S/C17H22N4S/c18-17(21-10-6-1-2-7-11-21)19-12-16-20-15(13-22-16)14-8-4-3-5-9-14/h3-5,8-9,13H,1-2,6-7,10-12H2,(H2,18,19). The van der Waals surface area contributed by atoms with E-state index in [1.165, 1.54) is 25.7 Å². The maximum absolute atomic E-state index is 6.14. The fourth-order valence-corrected chi connectivity index (χ4v) is 3.40. The van der Waals surface area contributed by atoms with Crippen LogP contribution in [-0.2, 0) is 6.54 Å². The Morgan fingerprint density at radius 2 is 1.86 bits per heavy atom. The van der Waals surface area contributed by atoms with Crippen LogP contribution in [0.25, 0.3) is 11.3 Å². The van der Waals surface area contributed by atoms with Crippen LogP contribution in [0, 0.1) is 0 Å². The van der Waals surface area contributed by atoms with Crippen molar-refractivity contribution in [2.75, 3.05) is 13.1 Å². The third kappa shape index (κ3) is 3.85. The fraction of sp³-hybridized carbons (Fsp3) is 0.412. The van der Waals surface area contributed by atoms with E-state index in [-0.39, 0.29) is 0 Å². The predicted octanol–water partition coefficient (Wildman–Crippen LogP) is 3.50. The van der Waals surface area contributed by atoms with Crippen molar-refractivity contribution in [3.8, 4) is 11.3 Å². The summed E-state index contributed by atoms with van der Waals surface area (Å²) in [6, 6.07) is 10.2. The summed E-state index contributed by atoms with van der Waals surface area (Å²) in [6.45, 7) is 2.63. The zero-order valence-electron chi connectivity index (χ0n) is 12.7. The van der Waals surface area contributed by atoms with Crippen molar-refractivity contribution >= 4 is 17.3 Å². The molecule has 1 aliphatic rings. The molecule has 2 N–H and O–H groups in total. The molecule has 116 valence electrons. The SMILES string of the molecule is NC(=NCc1nc(-c2ccccc2)cs1)N1CCCCCC1. The zero-order chi connectivity index (χ0) is 15.2. The minimum atomic E-state index is 0.569. The maximum Gasteiger partial charge on any atom is 0.191 e. The molecule has 0 unspecified atom stereocenters. The Kier molecular flexibility index (Phi) is 5.06. The van der Waals surface area contributed by atoms with Crippen molar-refractivity contribution in [3.63, 3.8) is 0 Å². The van der Waals surface area contributed by atoms with Crippen molar-refractivity contribution in [1.82, 2.24) is 9.88 Å². The van der Waals surface area contributed by atoms with Gasteiger partial charge >= 0.3 is 0 Å². The largest absolute Gasteiger partial charge is 0.370 e. The average Bonchev–Trinajstić information content (AvgIpc) is 2.87. The molecule has 1 aliphatic heterocycles. The number of aromatic nitrogens is 1. The molecular formula is C17H22N4S. The molecule has 2 heterocycles. The van der Waals surface area contributed by atoms with E-state index in [9.17, 15) is 0 Å². The smallest absolute Gasteiger partial charge is 0.191 e. The van der Waals surface area contributed by atoms with Crippen LogP contribution in [0.5, 0.6) is 0 Å². The van der Waals surface area contributed by atoms with Gasteiger partial charge in [-0.15, -0.1) is 11.3 Å². The molecule has 0 radical (unpaired) electrons. The summed E-state index contributed by atoms with van der Waals surface area (Å²) in [5.74, 6) is 0.665. The molecule has 0 spiro atoms. The van der Waals surface area contributed by atoms with Crippen molar-refractivity contribution < 1.29 is 0 Å². The van der Waals surface area contributed by atoms with E-state index >= 15 is 0 Å². The lowest BCUT2D eigenvalue weighted by Crippen LogP contribution is -2.38. The van der Waals surface area contributed by atoms with Crippen LogP contribution < -0.4 is 5.73 Å². The second kappa shape index (κ2) is 7.40. The highest BCUT2D eigenvalue weighted by Crippen LogP contribution is 2.22. The Balaban J connectivity index is 1.63. The topological polar surface area (TPSA) is 54.5 Å². The Labute approximate surface area is 135 Å². The molecule has 4 nitrogen and oxygen atoms in total. The van der Waals surface area contributed by atoms with E-state index in [0.29, 0.717) is 12.5 Å². The van der Waals surface area contributed by atoms with Gasteiger partial charge in [0.25, 0.3) is 0 Å². The highest BCUT2D eigenvalue weighted by atomic mass is 32.1. The first-order chi connectivity index (χ1) is 10.8. The second-order valence-electron chi connectivity index (χ2n) is 5.57. The van der Waals surface area contributed by atoms with Gasteiger partial charge in [0.05, 0.1) is 12.2 Å². The minimum absolute atomic E-state index is 0.569. The summed E-state index contributed by atoms with van der Waals surface area (Å²) in [5, 5.41) is 3.10. The van der Waals surface area contributed by atoms with Gasteiger partial charge in [0.1, 0.15) is 5.01 Å². The molecular weight excluding hydrogens is 292 g/mol. The van der Waals surface area contributed by atoms with Gasteiger partial charge in [-0.25, -0.2) is 9.98 Å². The summed E-state index contributed by atoms with van der Waals surface area (Å²) in [7, 11) is 0. The van der Waals surface area contributed by atoms with Gasteiger partial charge in [-0.2, -0.15) is 0 Å². The molecule has 0 aliphatic carbocycles. The Bertz CT molecular complexity index is 613. The molecule has 0 saturated carbocycles. The molecule has 0 atom stereocenters. The van der Waals surface area contributed by atoms with E-state index < -0.39 is 0 Å². The Morgan fingerprint density at radius 3 is 2.59 bits per heavy atom. The number of hydrogen-bond acceptors (Lipinski definition) is 3. The number of aliphatic imine (C=N–C) groups is 1. The van der Waals surface area contributed by atoms with Crippen LogP contribution in [0.4, 0.5) is 0 Å². The number of benzene rings is 1. The number of thiazole rings is 1. The van der Waals surface area contributed by atoms with Crippen LogP contribution in [0.3, 0.4) is 0 Å². The Morgan fingerprint density at radius 1 is 1.14 bits per heavy atom. The minimum Gasteiger partial charge on any atom is -0.370 e. The zero-order valence-corrected chi connectivity index (χ0v) is 13.6. The van der Waals surface area contributed by atoms with E-state index in [2.05, 4.69) is 32.4 Å². The first-order valence-corrected chi connectivity index (χ1v) is 8.75. The quantitative estimate of drug-likeness (QED) is 0.697. The van der Waals surface area contributed by atoms with Crippen LogP contribution in [0.15, 0.2) is 40.7 Å². The predicted molar refractivity (Wildman–Crippen MR) is 92.9 cm³/mol. The van der Waals surface area contributed by atoms with Crippen LogP contribution >= 0.6 is 11.3 Å². The molecule has 1 aromatic carbocycles. The number of nitrogens with zero attached hydrogens (tertiary/aromatic N) is 3. The summed E-state index contributed by atoms with van der Waals surface area (Å²) >= 11 is 1.64. The summed E-state index contributed by atoms with van der Waals surface area (Å²) in [5.41, 5.74) is 8.30. The second-order valence-corrected chi connectivity index (χ2v) is 6.51. The molecule has 1 fully saturated rings. The number of nitrogens with two attached hydrogens (primary N) is 1. The Hall–Kier alpha value is -1.88. The van der Waals surface area contributed by atoms with Gasteiger partial charge in [0.15, 0.2) is 5.96 Å². The summed E-state index contributed by atoms with van der Waals surface area (Å²) < 4.78 is 0. The monoisotopic (exact) mass is 314 g/mol. The first-order valence-electron chi connectivity index (χ1n) is 7.87. The molecule has 5 heteroatoms. The normalized spacial score (nSPS) is 16.5. The maximum atomic E-state index is 6.14. The van der Waals surface area contributed by atoms with Crippen LogP contribution in [-0.4, -0.2) is 28.9 Å². The molecule has 1 aromatic heterocycles. The van der Waals surface area contributed by atoms with Gasteiger partial charge < -0.3 is 10.6 Å². The third-order valence-electron chi connectivity index (χ3n) is 3.93. The molecule has 2 aromatic rings. The van der Waals surface area contributed by atoms with Crippen LogP contribution in [0.2, 0.25) is 0 Å². The van der Waals surface area contributed by atoms with Gasteiger partial charge in [0.2, 0.25) is 0 Å². The number of hydrogen-bond donors (Lipinski definition) is 1. The molecule has 0 amide bonds. The van der Waals surface area contributed by atoms with Gasteiger partial charge in [-0.05, 0) is 12.8 Å². The number of rotatable bonds is 3. The first kappa shape index (κ1) is 15.0. The highest BCUT2D eigenvalue weighted by molar-refractivity contribution is 7.09. The summed E-state index contributed by atoms with van der Waals surface area (Å²) in [6.07, 6.45) is 5.03. The molecule has 3 rings (SSSR count). The van der Waals surface area contributed by atoms with Gasteiger partial charge in [-0.3, -0.25) is 0 Å². The molecule has 0 bridgehead atoms. The average molecular weight is 314 g/mol. The van der Waals surface area contributed by atoms with E-state index in [1.54, 1.807) is 11.3 Å². The van der Waals surface area contributed by atoms with Gasteiger partial charge in [0, 0.05) is 24.0 Å².